The Morgan fingerprint density at radius 1 is 1.32 bits per heavy atom. The van der Waals surface area contributed by atoms with E-state index in [0.717, 1.165) is 49.3 Å². The van der Waals surface area contributed by atoms with E-state index in [9.17, 15) is 4.79 Å². The summed E-state index contributed by atoms with van der Waals surface area (Å²) in [5, 5.41) is 3.45. The smallest absolute Gasteiger partial charge is 0.152 e. The van der Waals surface area contributed by atoms with Gasteiger partial charge in [-0.05, 0) is 43.5 Å². The number of ketones is 1. The lowest BCUT2D eigenvalue weighted by atomic mass is 9.99. The van der Waals surface area contributed by atoms with Crippen molar-refractivity contribution in [2.24, 2.45) is 12.0 Å². The first-order valence-corrected chi connectivity index (χ1v) is 10.2. The third-order valence-electron chi connectivity index (χ3n) is 4.93. The second kappa shape index (κ2) is 9.69. The maximum Gasteiger partial charge on any atom is 0.152 e. The van der Waals surface area contributed by atoms with Gasteiger partial charge in [-0.1, -0.05) is 18.2 Å². The molecule has 6 heteroatoms. The van der Waals surface area contributed by atoms with Crippen LogP contribution >= 0.6 is 11.6 Å². The minimum Gasteiger partial charge on any atom is -0.385 e. The molecule has 28 heavy (non-hydrogen) atoms. The van der Waals surface area contributed by atoms with Crippen LogP contribution in [0.1, 0.15) is 36.1 Å². The predicted molar refractivity (Wildman–Crippen MR) is 117 cm³/mol. The summed E-state index contributed by atoms with van der Waals surface area (Å²) in [6.07, 6.45) is 7.13. The molecule has 0 saturated carbocycles. The van der Waals surface area contributed by atoms with Gasteiger partial charge in [-0.3, -0.25) is 9.79 Å². The number of halogens is 1. The summed E-state index contributed by atoms with van der Waals surface area (Å²) in [6.45, 7) is 3.06. The van der Waals surface area contributed by atoms with Crippen molar-refractivity contribution < 1.29 is 4.79 Å². The Hall–Kier alpha value is -2.40. The van der Waals surface area contributed by atoms with Crippen LogP contribution in [0, 0.1) is 0 Å². The molecule has 1 aromatic carbocycles. The second-order valence-corrected chi connectivity index (χ2v) is 7.41. The van der Waals surface area contributed by atoms with Gasteiger partial charge in [-0.2, -0.15) is 0 Å². The van der Waals surface area contributed by atoms with Crippen molar-refractivity contribution in [2.45, 2.75) is 32.6 Å². The van der Waals surface area contributed by atoms with Gasteiger partial charge in [-0.15, -0.1) is 11.6 Å². The highest BCUT2D eigenvalue weighted by atomic mass is 35.5. The molecule has 2 aromatic rings. The van der Waals surface area contributed by atoms with Crippen molar-refractivity contribution >= 4 is 34.9 Å². The average Bonchev–Trinajstić information content (AvgIpc) is 3.01. The molecule has 1 aliphatic carbocycles. The molecule has 1 N–H and O–H groups in total. The Morgan fingerprint density at radius 2 is 2.11 bits per heavy atom. The van der Waals surface area contributed by atoms with E-state index in [2.05, 4.69) is 21.9 Å². The Balaban J connectivity index is 1.56. The molecular formula is C22H27ClN4O. The summed E-state index contributed by atoms with van der Waals surface area (Å²) in [5.41, 5.74) is 5.80. The standard InChI is InChI=1S/C22H27ClN4O/c1-16(28)3-4-17-5-7-18(8-6-17)24-13-11-22-26-20-15-19(25-14-12-23)9-10-21(20)27(22)2/h3-8,24H,9-15H2,1-2H3. The Kier molecular flexibility index (Phi) is 7.04. The second-order valence-electron chi connectivity index (χ2n) is 7.04. The van der Waals surface area contributed by atoms with E-state index in [1.807, 2.05) is 30.3 Å². The zero-order chi connectivity index (χ0) is 19.9. The topological polar surface area (TPSA) is 59.3 Å². The fraction of sp³-hybridized carbons (Fsp3) is 0.409. The molecule has 148 valence electrons. The molecule has 0 unspecified atom stereocenters. The molecule has 5 nitrogen and oxygen atoms in total. The number of carbonyl (C=O) groups excluding carboxylic acids is 1. The van der Waals surface area contributed by atoms with Crippen molar-refractivity contribution in [2.75, 3.05) is 24.3 Å². The third kappa shape index (κ3) is 5.32. The fourth-order valence-corrected chi connectivity index (χ4v) is 3.53. The minimum atomic E-state index is 0.0532. The molecule has 1 heterocycles. The monoisotopic (exact) mass is 398 g/mol. The number of aromatic nitrogens is 2. The van der Waals surface area contributed by atoms with E-state index >= 15 is 0 Å². The van der Waals surface area contributed by atoms with Gasteiger partial charge in [0.25, 0.3) is 0 Å². The van der Waals surface area contributed by atoms with Gasteiger partial charge in [0.05, 0.1) is 12.2 Å². The summed E-state index contributed by atoms with van der Waals surface area (Å²) in [6, 6.07) is 8.07. The number of rotatable bonds is 8. The lowest BCUT2D eigenvalue weighted by molar-refractivity contribution is -0.112. The number of allylic oxidation sites excluding steroid dienone is 1. The molecule has 0 aliphatic heterocycles. The van der Waals surface area contributed by atoms with Crippen LogP contribution < -0.4 is 5.32 Å². The van der Waals surface area contributed by atoms with Crippen LogP contribution in [-0.4, -0.2) is 40.0 Å². The Bertz CT molecular complexity index is 881. The zero-order valence-electron chi connectivity index (χ0n) is 16.5. The van der Waals surface area contributed by atoms with Crippen LogP contribution in [0.3, 0.4) is 0 Å². The number of imidazole rings is 1. The van der Waals surface area contributed by atoms with Crippen LogP contribution in [-0.2, 0) is 31.1 Å². The molecule has 0 fully saturated rings. The first-order chi connectivity index (χ1) is 13.6. The first kappa shape index (κ1) is 20.3. The van der Waals surface area contributed by atoms with Gasteiger partial charge in [0.2, 0.25) is 0 Å². The summed E-state index contributed by atoms with van der Waals surface area (Å²) in [5.74, 6) is 1.73. The van der Waals surface area contributed by atoms with Gasteiger partial charge < -0.3 is 9.88 Å². The molecule has 3 rings (SSSR count). The number of nitrogens with zero attached hydrogens (tertiary/aromatic N) is 3. The Labute approximate surface area is 171 Å². The summed E-state index contributed by atoms with van der Waals surface area (Å²) in [4.78, 5) is 20.4. The van der Waals surface area contributed by atoms with Crippen molar-refractivity contribution in [1.82, 2.24) is 9.55 Å². The molecular weight excluding hydrogens is 372 g/mol. The highest BCUT2D eigenvalue weighted by molar-refractivity contribution is 6.18. The van der Waals surface area contributed by atoms with Crippen LogP contribution in [0.5, 0.6) is 0 Å². The first-order valence-electron chi connectivity index (χ1n) is 9.71. The van der Waals surface area contributed by atoms with Crippen LogP contribution in [0.15, 0.2) is 35.3 Å². The summed E-state index contributed by atoms with van der Waals surface area (Å²) < 4.78 is 2.24. The van der Waals surface area contributed by atoms with Gasteiger partial charge in [0.1, 0.15) is 5.82 Å². The number of alkyl halides is 1. The molecule has 0 spiro atoms. The molecule has 1 aromatic heterocycles. The summed E-state index contributed by atoms with van der Waals surface area (Å²) in [7, 11) is 2.11. The maximum absolute atomic E-state index is 11.0. The van der Waals surface area contributed by atoms with E-state index < -0.39 is 0 Å². The number of carbonyl (C=O) groups is 1. The van der Waals surface area contributed by atoms with E-state index in [1.54, 1.807) is 13.0 Å². The van der Waals surface area contributed by atoms with Crippen molar-refractivity contribution in [3.05, 3.63) is 53.1 Å². The van der Waals surface area contributed by atoms with Crippen molar-refractivity contribution in [1.29, 1.82) is 0 Å². The zero-order valence-corrected chi connectivity index (χ0v) is 17.3. The fourth-order valence-electron chi connectivity index (χ4n) is 3.45. The number of hydrogen-bond acceptors (Lipinski definition) is 4. The van der Waals surface area contributed by atoms with Gasteiger partial charge in [0, 0.05) is 49.4 Å². The third-order valence-corrected chi connectivity index (χ3v) is 5.10. The van der Waals surface area contributed by atoms with Gasteiger partial charge in [-0.25, -0.2) is 4.98 Å². The number of hydrogen-bond donors (Lipinski definition) is 1. The minimum absolute atomic E-state index is 0.0532. The van der Waals surface area contributed by atoms with E-state index in [-0.39, 0.29) is 5.78 Å². The number of benzene rings is 1. The van der Waals surface area contributed by atoms with Crippen molar-refractivity contribution in [3.8, 4) is 0 Å². The Morgan fingerprint density at radius 3 is 2.82 bits per heavy atom. The highest BCUT2D eigenvalue weighted by Gasteiger charge is 2.21. The van der Waals surface area contributed by atoms with E-state index in [1.165, 1.54) is 17.1 Å². The lowest BCUT2D eigenvalue weighted by Crippen LogP contribution is -2.16. The number of nitrogens with one attached hydrogen (secondary N) is 1. The number of fused-ring (bicyclic) bond motifs is 1. The largest absolute Gasteiger partial charge is 0.385 e. The molecule has 0 atom stereocenters. The molecule has 0 saturated heterocycles. The number of aliphatic imine (C=N–C) groups is 1. The average molecular weight is 399 g/mol. The van der Waals surface area contributed by atoms with Crippen LogP contribution in [0.25, 0.3) is 6.08 Å². The van der Waals surface area contributed by atoms with Crippen LogP contribution in [0.2, 0.25) is 0 Å². The molecule has 0 radical (unpaired) electrons. The molecule has 1 aliphatic rings. The number of anilines is 1. The quantitative estimate of drug-likeness (QED) is 0.542. The predicted octanol–water partition coefficient (Wildman–Crippen LogP) is 3.85. The van der Waals surface area contributed by atoms with Crippen LogP contribution in [0.4, 0.5) is 5.69 Å². The molecule has 0 bridgehead atoms. The van der Waals surface area contributed by atoms with E-state index in [0.29, 0.717) is 12.4 Å². The van der Waals surface area contributed by atoms with Gasteiger partial charge in [0.15, 0.2) is 5.78 Å². The van der Waals surface area contributed by atoms with E-state index in [4.69, 9.17) is 16.6 Å². The maximum atomic E-state index is 11.0. The van der Waals surface area contributed by atoms with Gasteiger partial charge >= 0.3 is 0 Å². The summed E-state index contributed by atoms with van der Waals surface area (Å²) >= 11 is 5.74. The molecule has 0 amide bonds. The highest BCUT2D eigenvalue weighted by Crippen LogP contribution is 2.21. The normalized spacial score (nSPS) is 15.2. The lowest BCUT2D eigenvalue weighted by Gasteiger charge is -2.14. The van der Waals surface area contributed by atoms with Crippen molar-refractivity contribution in [3.63, 3.8) is 0 Å². The SMILES string of the molecule is CC(=O)C=Cc1ccc(NCCc2nc3c(n2C)CCC(=NCCCl)C3)cc1.